The molecule has 2 atom stereocenters. The average molecular weight is 555 g/mol. The van der Waals surface area contributed by atoms with Crippen LogP contribution in [0.15, 0.2) is 67.4 Å². The molecular formula is C29H26N6O4S. The van der Waals surface area contributed by atoms with Gasteiger partial charge in [-0.3, -0.25) is 14.5 Å². The predicted octanol–water partition coefficient (Wildman–Crippen LogP) is 5.43. The molecule has 4 amide bonds. The minimum atomic E-state index is -0.390. The highest BCUT2D eigenvalue weighted by Gasteiger charge is 2.35. The van der Waals surface area contributed by atoms with Crippen molar-refractivity contribution in [1.29, 1.82) is 0 Å². The molecule has 0 spiro atoms. The van der Waals surface area contributed by atoms with Crippen molar-refractivity contribution in [3.8, 4) is 11.6 Å². The summed E-state index contributed by atoms with van der Waals surface area (Å²) in [5, 5.41) is 9.56. The zero-order chi connectivity index (χ0) is 27.8. The lowest BCUT2D eigenvalue weighted by molar-refractivity contribution is -0.117. The average Bonchev–Trinajstić information content (AvgIpc) is 3.54. The van der Waals surface area contributed by atoms with Crippen LogP contribution in [0.25, 0.3) is 10.2 Å². The van der Waals surface area contributed by atoms with E-state index in [0.717, 1.165) is 25.0 Å². The minimum absolute atomic E-state index is 0.174. The van der Waals surface area contributed by atoms with Gasteiger partial charge in [-0.1, -0.05) is 12.6 Å². The van der Waals surface area contributed by atoms with Gasteiger partial charge >= 0.3 is 6.03 Å². The predicted molar refractivity (Wildman–Crippen MR) is 154 cm³/mol. The number of thiophene rings is 1. The van der Waals surface area contributed by atoms with Crippen LogP contribution in [0, 0.1) is 6.92 Å². The van der Waals surface area contributed by atoms with Gasteiger partial charge in [0.1, 0.15) is 15.5 Å². The molecule has 1 saturated carbocycles. The van der Waals surface area contributed by atoms with Crippen LogP contribution >= 0.6 is 11.3 Å². The van der Waals surface area contributed by atoms with Gasteiger partial charge in [0.15, 0.2) is 0 Å². The summed E-state index contributed by atoms with van der Waals surface area (Å²) >= 11 is 1.22. The van der Waals surface area contributed by atoms with E-state index in [2.05, 4.69) is 32.5 Å². The first-order chi connectivity index (χ1) is 19.4. The molecule has 0 radical (unpaired) electrons. The molecule has 6 rings (SSSR count). The van der Waals surface area contributed by atoms with Crippen molar-refractivity contribution in [2.24, 2.45) is 0 Å². The van der Waals surface area contributed by atoms with E-state index in [4.69, 9.17) is 4.74 Å². The van der Waals surface area contributed by atoms with Crippen molar-refractivity contribution >= 4 is 56.5 Å². The number of nitrogens with one attached hydrogen (secondary N) is 3. The lowest BCUT2D eigenvalue weighted by Crippen LogP contribution is -2.48. The Morgan fingerprint density at radius 2 is 1.90 bits per heavy atom. The van der Waals surface area contributed by atoms with Gasteiger partial charge in [0, 0.05) is 30.0 Å². The van der Waals surface area contributed by atoms with Crippen molar-refractivity contribution in [3.63, 3.8) is 0 Å². The lowest BCUT2D eigenvalue weighted by Gasteiger charge is -2.28. The number of pyridine rings is 2. The van der Waals surface area contributed by atoms with Crippen molar-refractivity contribution in [2.75, 3.05) is 10.2 Å². The maximum absolute atomic E-state index is 13.4. The van der Waals surface area contributed by atoms with Crippen molar-refractivity contribution < 1.29 is 19.1 Å². The number of benzene rings is 1. The number of urea groups is 1. The third-order valence-electron chi connectivity index (χ3n) is 6.98. The maximum atomic E-state index is 13.4. The topological polar surface area (TPSA) is 126 Å². The number of rotatable bonds is 7. The van der Waals surface area contributed by atoms with Crippen LogP contribution in [-0.2, 0) is 4.79 Å². The summed E-state index contributed by atoms with van der Waals surface area (Å²) in [6.07, 6.45) is 5.26. The van der Waals surface area contributed by atoms with E-state index >= 15 is 0 Å². The third kappa shape index (κ3) is 4.75. The molecule has 10 nitrogen and oxygen atoms in total. The Kier molecular flexibility index (Phi) is 6.64. The fourth-order valence-corrected chi connectivity index (χ4v) is 6.16. The molecule has 4 aromatic rings. The molecule has 2 aliphatic rings. The van der Waals surface area contributed by atoms with Crippen molar-refractivity contribution in [3.05, 3.63) is 78.0 Å². The first-order valence-electron chi connectivity index (χ1n) is 12.9. The largest absolute Gasteiger partial charge is 0.439 e. The Hall–Kier alpha value is -4.77. The summed E-state index contributed by atoms with van der Waals surface area (Å²) in [4.78, 5) is 50.0. The van der Waals surface area contributed by atoms with Gasteiger partial charge < -0.3 is 20.7 Å². The van der Waals surface area contributed by atoms with Crippen LogP contribution < -0.4 is 25.6 Å². The van der Waals surface area contributed by atoms with E-state index in [1.165, 1.54) is 17.4 Å². The fraction of sp³-hybridized carbons (Fsp3) is 0.207. The molecule has 202 valence electrons. The number of aromatic nitrogens is 2. The van der Waals surface area contributed by atoms with Crippen LogP contribution in [0.1, 0.15) is 34.6 Å². The maximum Gasteiger partial charge on any atom is 0.331 e. The van der Waals surface area contributed by atoms with Crippen molar-refractivity contribution in [1.82, 2.24) is 20.6 Å². The molecule has 3 N–H and O–H groups in total. The van der Waals surface area contributed by atoms with E-state index in [9.17, 15) is 14.4 Å². The van der Waals surface area contributed by atoms with Gasteiger partial charge in [-0.2, -0.15) is 0 Å². The van der Waals surface area contributed by atoms with Crippen LogP contribution in [0.2, 0.25) is 0 Å². The molecule has 1 aliphatic heterocycles. The highest BCUT2D eigenvalue weighted by Crippen LogP contribution is 2.46. The molecule has 0 saturated heterocycles. The molecule has 3 aromatic heterocycles. The molecule has 1 aliphatic carbocycles. The minimum Gasteiger partial charge on any atom is -0.439 e. The molecular weight excluding hydrogens is 528 g/mol. The van der Waals surface area contributed by atoms with Gasteiger partial charge in [0.05, 0.1) is 22.4 Å². The molecule has 0 unspecified atom stereocenters. The number of hydrogen-bond acceptors (Lipinski definition) is 7. The first kappa shape index (κ1) is 25.5. The van der Waals surface area contributed by atoms with E-state index < -0.39 is 6.03 Å². The monoisotopic (exact) mass is 554 g/mol. The number of amides is 4. The van der Waals surface area contributed by atoms with Crippen LogP contribution in [0.4, 0.5) is 21.9 Å². The summed E-state index contributed by atoms with van der Waals surface area (Å²) in [6, 6.07) is 13.7. The molecule has 0 bridgehead atoms. The Bertz CT molecular complexity index is 1650. The number of carbonyl (C=O) groups excluding carboxylic acids is 3. The zero-order valence-electron chi connectivity index (χ0n) is 21.6. The summed E-state index contributed by atoms with van der Waals surface area (Å²) in [7, 11) is 0. The lowest BCUT2D eigenvalue weighted by atomic mass is 10.1. The van der Waals surface area contributed by atoms with Crippen LogP contribution in [0.3, 0.4) is 0 Å². The van der Waals surface area contributed by atoms with Gasteiger partial charge in [0.2, 0.25) is 11.8 Å². The van der Waals surface area contributed by atoms with E-state index in [0.29, 0.717) is 43.8 Å². The van der Waals surface area contributed by atoms with Gasteiger partial charge in [0.25, 0.3) is 5.91 Å². The van der Waals surface area contributed by atoms with E-state index in [1.54, 1.807) is 47.5 Å². The molecule has 4 heterocycles. The van der Waals surface area contributed by atoms with Crippen LogP contribution in [-0.4, -0.2) is 39.9 Å². The highest BCUT2D eigenvalue weighted by atomic mass is 32.1. The van der Waals surface area contributed by atoms with Gasteiger partial charge in [-0.25, -0.2) is 14.8 Å². The number of anilines is 3. The number of aryl methyl sites for hydroxylation is 1. The second kappa shape index (κ2) is 10.4. The summed E-state index contributed by atoms with van der Waals surface area (Å²) in [6.45, 7) is 5.39. The van der Waals surface area contributed by atoms with Crippen molar-refractivity contribution in [2.45, 2.75) is 38.3 Å². The first-order valence-corrected chi connectivity index (χ1v) is 13.7. The number of nitrogens with zero attached hydrogens (tertiary/aromatic N) is 3. The molecule has 1 fully saturated rings. The highest BCUT2D eigenvalue weighted by molar-refractivity contribution is 7.21. The van der Waals surface area contributed by atoms with Gasteiger partial charge in [-0.05, 0) is 68.7 Å². The molecule has 11 heteroatoms. The summed E-state index contributed by atoms with van der Waals surface area (Å²) in [5.41, 5.74) is 2.55. The smallest absolute Gasteiger partial charge is 0.331 e. The van der Waals surface area contributed by atoms with E-state index in [1.807, 2.05) is 19.1 Å². The third-order valence-corrected chi connectivity index (χ3v) is 8.07. The number of carbonyl (C=O) groups is 3. The molecule has 1 aromatic carbocycles. The SMILES string of the molecule is C=CC(=O)N[C@H]1CCC[C@H]1NC(=O)c1sc2nccc3c2c1NC(=O)N3c1ccc(Oc2cccc(C)n2)cc1. The second-order valence-corrected chi connectivity index (χ2v) is 10.6. The normalized spacial score (nSPS) is 17.8. The quantitative estimate of drug-likeness (QED) is 0.262. The second-order valence-electron chi connectivity index (χ2n) is 9.63. The van der Waals surface area contributed by atoms with E-state index in [-0.39, 0.29) is 23.9 Å². The fourth-order valence-electron chi connectivity index (χ4n) is 5.14. The van der Waals surface area contributed by atoms with Gasteiger partial charge in [-0.15, -0.1) is 11.3 Å². The number of ether oxygens (including phenoxy) is 1. The molecule has 40 heavy (non-hydrogen) atoms. The Morgan fingerprint density at radius 3 is 2.65 bits per heavy atom. The van der Waals surface area contributed by atoms with Crippen LogP contribution in [0.5, 0.6) is 11.6 Å². The Morgan fingerprint density at radius 1 is 1.12 bits per heavy atom. The summed E-state index contributed by atoms with van der Waals surface area (Å²) in [5.74, 6) is 0.494. The summed E-state index contributed by atoms with van der Waals surface area (Å²) < 4.78 is 5.85. The Labute approximate surface area is 234 Å². The Balaban J connectivity index is 1.27. The number of hydrogen-bond donors (Lipinski definition) is 3. The zero-order valence-corrected chi connectivity index (χ0v) is 22.5. The standard InChI is InChI=1S/C29H26N6O4S/c1-3-22(36)32-19-7-5-8-20(19)33-27(37)26-25-24-21(14-15-30-28(24)40-26)35(29(38)34-25)17-10-12-18(13-11-17)39-23-9-4-6-16(2)31-23/h3-4,6,9-15,19-20H,1,5,7-8H2,2H3,(H,32,36)(H,33,37)(H,34,38)/t19-,20+/m0/s1.